The summed E-state index contributed by atoms with van der Waals surface area (Å²) in [5.41, 5.74) is 1.40. The Bertz CT molecular complexity index is 1080. The SMILES string of the molecule is OC1(c2ccccn2)CCN(Cc2cccc3c2sc2ccccc23)CC1. The number of aliphatic hydroxyl groups is 1. The summed E-state index contributed by atoms with van der Waals surface area (Å²) in [6.07, 6.45) is 3.22. The van der Waals surface area contributed by atoms with Crippen LogP contribution in [0.15, 0.2) is 66.9 Å². The first-order chi connectivity index (χ1) is 13.2. The Balaban J connectivity index is 1.38. The number of hydrogen-bond donors (Lipinski definition) is 1. The summed E-state index contributed by atoms with van der Waals surface area (Å²) in [7, 11) is 0. The molecule has 4 heteroatoms. The van der Waals surface area contributed by atoms with Gasteiger partial charge in [-0.1, -0.05) is 42.5 Å². The van der Waals surface area contributed by atoms with Crippen LogP contribution >= 0.6 is 11.3 Å². The Hall–Kier alpha value is -2.27. The topological polar surface area (TPSA) is 36.4 Å². The van der Waals surface area contributed by atoms with Gasteiger partial charge in [-0.25, -0.2) is 0 Å². The van der Waals surface area contributed by atoms with E-state index in [1.807, 2.05) is 29.5 Å². The van der Waals surface area contributed by atoms with Crippen molar-refractivity contribution in [1.29, 1.82) is 0 Å². The molecule has 0 radical (unpaired) electrons. The maximum Gasteiger partial charge on any atom is 0.109 e. The third kappa shape index (κ3) is 3.04. The van der Waals surface area contributed by atoms with Crippen LogP contribution in [0.3, 0.4) is 0 Å². The van der Waals surface area contributed by atoms with Crippen LogP contribution in [0, 0.1) is 0 Å². The van der Waals surface area contributed by atoms with E-state index in [-0.39, 0.29) is 0 Å². The van der Waals surface area contributed by atoms with Gasteiger partial charge in [-0.15, -0.1) is 11.3 Å². The summed E-state index contributed by atoms with van der Waals surface area (Å²) in [6, 6.07) is 21.1. The van der Waals surface area contributed by atoms with E-state index in [4.69, 9.17) is 0 Å². The van der Waals surface area contributed by atoms with E-state index in [9.17, 15) is 5.11 Å². The predicted octanol–water partition coefficient (Wildman–Crippen LogP) is 4.93. The summed E-state index contributed by atoms with van der Waals surface area (Å²) in [4.78, 5) is 6.84. The first kappa shape index (κ1) is 16.9. The maximum absolute atomic E-state index is 11.0. The Morgan fingerprint density at radius 3 is 2.52 bits per heavy atom. The molecule has 1 fully saturated rings. The van der Waals surface area contributed by atoms with E-state index in [2.05, 4.69) is 52.3 Å². The number of thiophene rings is 1. The molecule has 0 aliphatic carbocycles. The highest BCUT2D eigenvalue weighted by atomic mass is 32.1. The van der Waals surface area contributed by atoms with Gasteiger partial charge < -0.3 is 5.11 Å². The fraction of sp³-hybridized carbons (Fsp3) is 0.261. The number of nitrogens with zero attached hydrogens (tertiary/aromatic N) is 2. The van der Waals surface area contributed by atoms with Crippen molar-refractivity contribution >= 4 is 31.5 Å². The monoisotopic (exact) mass is 374 g/mol. The first-order valence-corrected chi connectivity index (χ1v) is 10.3. The van der Waals surface area contributed by atoms with Crippen molar-refractivity contribution in [3.05, 3.63) is 78.1 Å². The van der Waals surface area contributed by atoms with Crippen LogP contribution < -0.4 is 0 Å². The predicted molar refractivity (Wildman–Crippen MR) is 112 cm³/mol. The lowest BCUT2D eigenvalue weighted by atomic mass is 9.87. The van der Waals surface area contributed by atoms with Crippen LogP contribution in [0.2, 0.25) is 0 Å². The molecule has 1 saturated heterocycles. The molecule has 0 unspecified atom stereocenters. The fourth-order valence-corrected chi connectivity index (χ4v) is 5.35. The van der Waals surface area contributed by atoms with Gasteiger partial charge >= 0.3 is 0 Å². The van der Waals surface area contributed by atoms with Gasteiger partial charge in [0.05, 0.1) is 5.69 Å². The van der Waals surface area contributed by atoms with Crippen LogP contribution in [-0.2, 0) is 12.1 Å². The summed E-state index contributed by atoms with van der Waals surface area (Å²) in [5.74, 6) is 0. The molecule has 2 aromatic heterocycles. The molecule has 1 N–H and O–H groups in total. The zero-order valence-electron chi connectivity index (χ0n) is 15.1. The zero-order valence-corrected chi connectivity index (χ0v) is 16.0. The largest absolute Gasteiger partial charge is 0.383 e. The molecule has 0 saturated carbocycles. The Labute approximate surface area is 162 Å². The van der Waals surface area contributed by atoms with E-state index in [1.54, 1.807) is 6.20 Å². The van der Waals surface area contributed by atoms with Crippen molar-refractivity contribution in [3.63, 3.8) is 0 Å². The molecule has 136 valence electrons. The number of pyridine rings is 1. The molecular formula is C23H22N2OS. The second-order valence-corrected chi connectivity index (χ2v) is 8.47. The first-order valence-electron chi connectivity index (χ1n) is 9.48. The molecule has 1 aliphatic rings. The number of hydrogen-bond acceptors (Lipinski definition) is 4. The van der Waals surface area contributed by atoms with E-state index in [1.165, 1.54) is 25.7 Å². The zero-order chi connectivity index (χ0) is 18.3. The van der Waals surface area contributed by atoms with Crippen LogP contribution in [0.1, 0.15) is 24.1 Å². The number of rotatable bonds is 3. The molecule has 5 rings (SSSR count). The second-order valence-electron chi connectivity index (χ2n) is 7.41. The Morgan fingerprint density at radius 1 is 0.926 bits per heavy atom. The molecule has 0 bridgehead atoms. The third-order valence-corrected chi connectivity index (χ3v) is 6.97. The lowest BCUT2D eigenvalue weighted by molar-refractivity contribution is -0.0310. The van der Waals surface area contributed by atoms with Gasteiger partial charge in [-0.2, -0.15) is 0 Å². The average Bonchev–Trinajstić information content (AvgIpc) is 3.10. The van der Waals surface area contributed by atoms with Crippen molar-refractivity contribution in [1.82, 2.24) is 9.88 Å². The minimum absolute atomic E-state index is 0.729. The summed E-state index contributed by atoms with van der Waals surface area (Å²) < 4.78 is 2.74. The van der Waals surface area contributed by atoms with Crippen LogP contribution in [0.4, 0.5) is 0 Å². The van der Waals surface area contributed by atoms with Crippen LogP contribution in [0.25, 0.3) is 20.2 Å². The van der Waals surface area contributed by atoms with E-state index < -0.39 is 5.60 Å². The van der Waals surface area contributed by atoms with E-state index in [0.717, 1.165) is 38.2 Å². The molecule has 2 aromatic carbocycles. The molecule has 0 spiro atoms. The quantitative estimate of drug-likeness (QED) is 0.552. The highest BCUT2D eigenvalue weighted by molar-refractivity contribution is 7.26. The van der Waals surface area contributed by atoms with Gasteiger partial charge in [-0.05, 0) is 36.6 Å². The van der Waals surface area contributed by atoms with Gasteiger partial charge in [0.25, 0.3) is 0 Å². The maximum atomic E-state index is 11.0. The minimum atomic E-state index is -0.790. The number of aromatic nitrogens is 1. The standard InChI is InChI=1S/C23H22N2OS/c26-23(21-10-3-4-13-24-21)11-14-25(15-12-23)16-17-6-5-8-19-18-7-1-2-9-20(18)27-22(17)19/h1-10,13,26H,11-12,14-16H2. The van der Waals surface area contributed by atoms with Gasteiger partial charge in [0.2, 0.25) is 0 Å². The van der Waals surface area contributed by atoms with Gasteiger partial charge in [-0.3, -0.25) is 9.88 Å². The number of likely N-dealkylation sites (tertiary alicyclic amines) is 1. The van der Waals surface area contributed by atoms with Crippen molar-refractivity contribution in [2.45, 2.75) is 25.0 Å². The highest BCUT2D eigenvalue weighted by Crippen LogP contribution is 2.37. The molecule has 3 heterocycles. The normalized spacial score (nSPS) is 17.5. The van der Waals surface area contributed by atoms with Crippen LogP contribution in [0.5, 0.6) is 0 Å². The van der Waals surface area contributed by atoms with Crippen molar-refractivity contribution in [3.8, 4) is 0 Å². The van der Waals surface area contributed by atoms with Gasteiger partial charge in [0.15, 0.2) is 0 Å². The van der Waals surface area contributed by atoms with E-state index >= 15 is 0 Å². The Morgan fingerprint density at radius 2 is 1.70 bits per heavy atom. The number of benzene rings is 2. The number of fused-ring (bicyclic) bond motifs is 3. The lowest BCUT2D eigenvalue weighted by Crippen LogP contribution is -2.42. The van der Waals surface area contributed by atoms with E-state index in [0.29, 0.717) is 0 Å². The third-order valence-electron chi connectivity index (χ3n) is 5.70. The molecule has 3 nitrogen and oxygen atoms in total. The lowest BCUT2D eigenvalue weighted by Gasteiger charge is -2.37. The molecule has 4 aromatic rings. The average molecular weight is 375 g/mol. The fourth-order valence-electron chi connectivity index (χ4n) is 4.15. The number of piperidine rings is 1. The van der Waals surface area contributed by atoms with Crippen molar-refractivity contribution in [2.75, 3.05) is 13.1 Å². The summed E-state index contributed by atoms with van der Waals surface area (Å²) in [5, 5.41) is 13.7. The smallest absolute Gasteiger partial charge is 0.109 e. The molecule has 0 atom stereocenters. The second kappa shape index (κ2) is 6.71. The summed E-state index contributed by atoms with van der Waals surface area (Å²) in [6.45, 7) is 2.70. The molecular weight excluding hydrogens is 352 g/mol. The molecule has 1 aliphatic heterocycles. The van der Waals surface area contributed by atoms with Crippen LogP contribution in [-0.4, -0.2) is 28.1 Å². The van der Waals surface area contributed by atoms with Crippen molar-refractivity contribution < 1.29 is 5.11 Å². The highest BCUT2D eigenvalue weighted by Gasteiger charge is 2.35. The Kier molecular flexibility index (Phi) is 4.20. The summed E-state index contributed by atoms with van der Waals surface area (Å²) >= 11 is 1.89. The van der Waals surface area contributed by atoms with Gasteiger partial charge in [0.1, 0.15) is 5.60 Å². The molecule has 27 heavy (non-hydrogen) atoms. The molecule has 0 amide bonds. The van der Waals surface area contributed by atoms with Gasteiger partial charge in [0, 0.05) is 46.0 Å². The minimum Gasteiger partial charge on any atom is -0.383 e. The van der Waals surface area contributed by atoms with Crippen molar-refractivity contribution in [2.24, 2.45) is 0 Å².